The number of thioether (sulfide) groups is 1. The van der Waals surface area contributed by atoms with Gasteiger partial charge in [-0.15, -0.1) is 11.8 Å². The van der Waals surface area contributed by atoms with E-state index in [-0.39, 0.29) is 5.92 Å². The predicted molar refractivity (Wildman–Crippen MR) is 88.2 cm³/mol. The van der Waals surface area contributed by atoms with Gasteiger partial charge in [0.15, 0.2) is 0 Å². The average molecular weight is 303 g/mol. The number of aliphatic carboxylic acids is 1. The highest BCUT2D eigenvalue weighted by molar-refractivity contribution is 8.03. The standard InChI is InChI=1S/C17H21NO2S/c1-5-21-16-12(4)18-11(3)14(17(19)20)15(16)13-8-6-10(2)7-9-13/h6-9,15,18H,5H2,1-4H3,(H,19,20). The molecule has 0 spiro atoms. The summed E-state index contributed by atoms with van der Waals surface area (Å²) in [4.78, 5) is 12.8. The number of carbonyl (C=O) groups is 1. The van der Waals surface area contributed by atoms with E-state index in [2.05, 4.69) is 12.2 Å². The minimum Gasteiger partial charge on any atom is -0.478 e. The molecule has 0 amide bonds. The Bertz CT molecular complexity index is 614. The molecular formula is C17H21NO2S. The van der Waals surface area contributed by atoms with Crippen LogP contribution in [0.25, 0.3) is 0 Å². The van der Waals surface area contributed by atoms with Crippen LogP contribution >= 0.6 is 11.8 Å². The van der Waals surface area contributed by atoms with E-state index in [0.717, 1.165) is 27.6 Å². The van der Waals surface area contributed by atoms with Crippen LogP contribution in [-0.4, -0.2) is 16.8 Å². The van der Waals surface area contributed by atoms with Crippen molar-refractivity contribution >= 4 is 17.7 Å². The van der Waals surface area contributed by atoms with Crippen molar-refractivity contribution in [3.63, 3.8) is 0 Å². The normalized spacial score (nSPS) is 18.8. The summed E-state index contributed by atoms with van der Waals surface area (Å²) in [5.41, 5.74) is 4.44. The summed E-state index contributed by atoms with van der Waals surface area (Å²) in [5.74, 6) is -0.121. The van der Waals surface area contributed by atoms with Gasteiger partial charge in [-0.3, -0.25) is 0 Å². The fraction of sp³-hybridized carbons (Fsp3) is 0.353. The second kappa shape index (κ2) is 6.39. The molecule has 0 bridgehead atoms. The molecule has 1 aromatic rings. The molecule has 3 nitrogen and oxygen atoms in total. The Morgan fingerprint density at radius 3 is 2.33 bits per heavy atom. The van der Waals surface area contributed by atoms with Gasteiger partial charge in [0.1, 0.15) is 0 Å². The topological polar surface area (TPSA) is 49.3 Å². The van der Waals surface area contributed by atoms with Crippen molar-refractivity contribution in [3.8, 4) is 0 Å². The van der Waals surface area contributed by atoms with E-state index < -0.39 is 5.97 Å². The highest BCUT2D eigenvalue weighted by Gasteiger charge is 2.32. The van der Waals surface area contributed by atoms with E-state index in [1.807, 2.05) is 45.0 Å². The molecule has 1 atom stereocenters. The minimum absolute atomic E-state index is 0.186. The molecule has 0 saturated carbocycles. The lowest BCUT2D eigenvalue weighted by atomic mass is 9.86. The third-order valence-corrected chi connectivity index (χ3v) is 4.78. The summed E-state index contributed by atoms with van der Waals surface area (Å²) in [6.45, 7) is 7.97. The van der Waals surface area contributed by atoms with Crippen LogP contribution in [0, 0.1) is 6.92 Å². The number of allylic oxidation sites excluding steroid dienone is 3. The molecule has 4 heteroatoms. The zero-order chi connectivity index (χ0) is 15.6. The highest BCUT2D eigenvalue weighted by Crippen LogP contribution is 2.43. The van der Waals surface area contributed by atoms with E-state index in [1.54, 1.807) is 11.8 Å². The van der Waals surface area contributed by atoms with Gasteiger partial charge in [-0.2, -0.15) is 0 Å². The lowest BCUT2D eigenvalue weighted by molar-refractivity contribution is -0.133. The second-order valence-corrected chi connectivity index (χ2v) is 6.54. The van der Waals surface area contributed by atoms with Gasteiger partial charge in [0.05, 0.1) is 11.5 Å². The number of carboxylic acids is 1. The second-order valence-electron chi connectivity index (χ2n) is 5.23. The van der Waals surface area contributed by atoms with Crippen LogP contribution in [0.2, 0.25) is 0 Å². The largest absolute Gasteiger partial charge is 0.478 e. The smallest absolute Gasteiger partial charge is 0.334 e. The van der Waals surface area contributed by atoms with Gasteiger partial charge in [0.25, 0.3) is 0 Å². The Hall–Kier alpha value is -1.68. The quantitative estimate of drug-likeness (QED) is 0.882. The van der Waals surface area contributed by atoms with Crippen LogP contribution in [0.5, 0.6) is 0 Å². The summed E-state index contributed by atoms with van der Waals surface area (Å²) in [5, 5.41) is 12.9. The van der Waals surface area contributed by atoms with Gasteiger partial charge < -0.3 is 10.4 Å². The number of hydrogen-bond donors (Lipinski definition) is 2. The molecule has 1 aromatic carbocycles. The van der Waals surface area contributed by atoms with Crippen molar-refractivity contribution in [1.29, 1.82) is 0 Å². The van der Waals surface area contributed by atoms with E-state index >= 15 is 0 Å². The SMILES string of the molecule is CCSC1=C(C)NC(C)=C(C(=O)O)C1c1ccc(C)cc1. The molecule has 1 aliphatic heterocycles. The Morgan fingerprint density at radius 1 is 1.19 bits per heavy atom. The lowest BCUT2D eigenvalue weighted by Crippen LogP contribution is -2.27. The molecule has 2 rings (SSSR count). The first-order valence-electron chi connectivity index (χ1n) is 7.07. The first kappa shape index (κ1) is 15.7. The van der Waals surface area contributed by atoms with E-state index in [0.29, 0.717) is 5.57 Å². The molecular weight excluding hydrogens is 282 g/mol. The first-order valence-corrected chi connectivity index (χ1v) is 8.05. The summed E-state index contributed by atoms with van der Waals surface area (Å²) in [6.07, 6.45) is 0. The van der Waals surface area contributed by atoms with Crippen molar-refractivity contribution in [2.45, 2.75) is 33.6 Å². The fourth-order valence-corrected chi connectivity index (χ4v) is 3.68. The maximum absolute atomic E-state index is 11.7. The molecule has 0 radical (unpaired) electrons. The molecule has 0 saturated heterocycles. The highest BCUT2D eigenvalue weighted by atomic mass is 32.2. The summed E-state index contributed by atoms with van der Waals surface area (Å²) in [6, 6.07) is 8.14. The Morgan fingerprint density at radius 2 is 1.81 bits per heavy atom. The number of rotatable bonds is 4. The molecule has 21 heavy (non-hydrogen) atoms. The molecule has 0 aliphatic carbocycles. The molecule has 1 aliphatic rings. The van der Waals surface area contributed by atoms with Crippen LogP contribution in [0.1, 0.15) is 37.8 Å². The Kier molecular flexibility index (Phi) is 4.78. The summed E-state index contributed by atoms with van der Waals surface area (Å²) in [7, 11) is 0. The van der Waals surface area contributed by atoms with Crippen molar-refractivity contribution in [2.24, 2.45) is 0 Å². The Labute approximate surface area is 130 Å². The Balaban J connectivity index is 2.58. The molecule has 2 N–H and O–H groups in total. The van der Waals surface area contributed by atoms with Gasteiger partial charge in [-0.25, -0.2) is 4.79 Å². The molecule has 0 aromatic heterocycles. The number of benzene rings is 1. The molecule has 0 fully saturated rings. The van der Waals surface area contributed by atoms with Gasteiger partial charge in [0.2, 0.25) is 0 Å². The molecule has 1 heterocycles. The van der Waals surface area contributed by atoms with Crippen LogP contribution in [0.3, 0.4) is 0 Å². The van der Waals surface area contributed by atoms with Gasteiger partial charge >= 0.3 is 5.97 Å². The first-order chi connectivity index (χ1) is 9.95. The fourth-order valence-electron chi connectivity index (χ4n) is 2.68. The third kappa shape index (κ3) is 3.16. The average Bonchev–Trinajstić information content (AvgIpc) is 2.42. The number of dihydropyridines is 1. The lowest BCUT2D eigenvalue weighted by Gasteiger charge is -2.30. The zero-order valence-corrected chi connectivity index (χ0v) is 13.7. The zero-order valence-electron chi connectivity index (χ0n) is 12.9. The summed E-state index contributed by atoms with van der Waals surface area (Å²) >= 11 is 1.71. The maximum Gasteiger partial charge on any atom is 0.334 e. The van der Waals surface area contributed by atoms with Gasteiger partial charge in [-0.05, 0) is 32.1 Å². The molecule has 1 unspecified atom stereocenters. The van der Waals surface area contributed by atoms with Crippen molar-refractivity contribution < 1.29 is 9.90 Å². The third-order valence-electron chi connectivity index (χ3n) is 3.64. The van der Waals surface area contributed by atoms with Crippen LogP contribution < -0.4 is 5.32 Å². The van der Waals surface area contributed by atoms with E-state index in [4.69, 9.17) is 0 Å². The number of nitrogens with one attached hydrogen (secondary N) is 1. The maximum atomic E-state index is 11.7. The predicted octanol–water partition coefficient (Wildman–Crippen LogP) is 4.03. The van der Waals surface area contributed by atoms with Crippen molar-refractivity contribution in [2.75, 3.05) is 5.75 Å². The number of aryl methyl sites for hydroxylation is 1. The number of carboxylic acid groups (broad SMARTS) is 1. The van der Waals surface area contributed by atoms with Crippen LogP contribution in [0.4, 0.5) is 0 Å². The molecule has 112 valence electrons. The van der Waals surface area contributed by atoms with Crippen LogP contribution in [-0.2, 0) is 4.79 Å². The number of hydrogen-bond acceptors (Lipinski definition) is 3. The minimum atomic E-state index is -0.854. The van der Waals surface area contributed by atoms with Crippen LogP contribution in [0.15, 0.2) is 46.1 Å². The monoisotopic (exact) mass is 303 g/mol. The van der Waals surface area contributed by atoms with Gasteiger partial charge in [0, 0.05) is 16.3 Å². The van der Waals surface area contributed by atoms with E-state index in [9.17, 15) is 9.90 Å². The van der Waals surface area contributed by atoms with Gasteiger partial charge in [-0.1, -0.05) is 36.8 Å². The van der Waals surface area contributed by atoms with Crippen molar-refractivity contribution in [1.82, 2.24) is 5.32 Å². The van der Waals surface area contributed by atoms with E-state index in [1.165, 1.54) is 5.56 Å². The summed E-state index contributed by atoms with van der Waals surface area (Å²) < 4.78 is 0. The van der Waals surface area contributed by atoms with Crippen molar-refractivity contribution in [3.05, 3.63) is 57.3 Å².